The number of hydrogen-bond donors (Lipinski definition) is 2. The summed E-state index contributed by atoms with van der Waals surface area (Å²) in [7, 11) is 1.43. The molecule has 0 saturated carbocycles. The third-order valence-corrected chi connectivity index (χ3v) is 3.26. The zero-order valence-corrected chi connectivity index (χ0v) is 13.5. The molecule has 130 valence electrons. The predicted molar refractivity (Wildman–Crippen MR) is 82.1 cm³/mol. The molecule has 1 aromatic rings. The number of nitrogens with one attached hydrogen (secondary N) is 2. The van der Waals surface area contributed by atoms with E-state index in [1.54, 1.807) is 0 Å². The van der Waals surface area contributed by atoms with Gasteiger partial charge in [-0.05, 0) is 30.0 Å². The first kappa shape index (κ1) is 19.3. The highest BCUT2D eigenvalue weighted by molar-refractivity contribution is 5.74. The molecular formula is C16H23F3N2O2. The molecule has 23 heavy (non-hydrogen) atoms. The highest BCUT2D eigenvalue weighted by Gasteiger charge is 2.31. The van der Waals surface area contributed by atoms with Gasteiger partial charge in [-0.2, -0.15) is 13.2 Å². The second-order valence-electron chi connectivity index (χ2n) is 5.71. The van der Waals surface area contributed by atoms with Crippen molar-refractivity contribution < 1.29 is 22.7 Å². The van der Waals surface area contributed by atoms with Crippen LogP contribution in [0.5, 0.6) is 0 Å². The third kappa shape index (κ3) is 6.90. The molecule has 0 aromatic heterocycles. The number of carbonyl (C=O) groups excluding carboxylic acids is 1. The Labute approximate surface area is 134 Å². The summed E-state index contributed by atoms with van der Waals surface area (Å²) in [5, 5.41) is 5.33. The molecule has 0 aliphatic rings. The maximum Gasteiger partial charge on any atom is 0.416 e. The smallest absolute Gasteiger partial charge is 0.382 e. The lowest BCUT2D eigenvalue weighted by Crippen LogP contribution is -2.40. The molecule has 0 heterocycles. The Balaban J connectivity index is 2.76. The highest BCUT2D eigenvalue weighted by atomic mass is 19.4. The Kier molecular flexibility index (Phi) is 7.35. The van der Waals surface area contributed by atoms with Crippen molar-refractivity contribution >= 4 is 6.03 Å². The van der Waals surface area contributed by atoms with Crippen LogP contribution in [0.4, 0.5) is 18.0 Å². The van der Waals surface area contributed by atoms with Crippen molar-refractivity contribution in [2.45, 2.75) is 32.5 Å². The molecule has 0 aliphatic carbocycles. The fraction of sp³-hybridized carbons (Fsp3) is 0.562. The number of amides is 2. The van der Waals surface area contributed by atoms with Crippen molar-refractivity contribution in [3.05, 3.63) is 35.4 Å². The van der Waals surface area contributed by atoms with E-state index < -0.39 is 23.8 Å². The van der Waals surface area contributed by atoms with E-state index in [0.29, 0.717) is 18.0 Å². The zero-order chi connectivity index (χ0) is 17.5. The third-order valence-electron chi connectivity index (χ3n) is 3.26. The average molecular weight is 332 g/mol. The first-order valence-corrected chi connectivity index (χ1v) is 7.44. The van der Waals surface area contributed by atoms with Gasteiger partial charge in [0.15, 0.2) is 0 Å². The first-order chi connectivity index (χ1) is 10.7. The summed E-state index contributed by atoms with van der Waals surface area (Å²) < 4.78 is 43.4. The van der Waals surface area contributed by atoms with Crippen molar-refractivity contribution in [3.63, 3.8) is 0 Å². The quantitative estimate of drug-likeness (QED) is 0.799. The first-order valence-electron chi connectivity index (χ1n) is 7.44. The van der Waals surface area contributed by atoms with Gasteiger partial charge >= 0.3 is 12.2 Å². The van der Waals surface area contributed by atoms with Gasteiger partial charge in [-0.3, -0.25) is 0 Å². The van der Waals surface area contributed by atoms with Gasteiger partial charge in [-0.1, -0.05) is 26.0 Å². The van der Waals surface area contributed by atoms with Crippen molar-refractivity contribution in [1.29, 1.82) is 0 Å². The molecule has 7 heteroatoms. The largest absolute Gasteiger partial charge is 0.416 e. The van der Waals surface area contributed by atoms with Crippen molar-refractivity contribution in [1.82, 2.24) is 10.6 Å². The van der Waals surface area contributed by atoms with Crippen LogP contribution in [0.25, 0.3) is 0 Å². The summed E-state index contributed by atoms with van der Waals surface area (Å²) in [6.45, 7) is 4.66. The molecule has 0 saturated heterocycles. The van der Waals surface area contributed by atoms with E-state index in [2.05, 4.69) is 10.6 Å². The van der Waals surface area contributed by atoms with E-state index in [-0.39, 0.29) is 6.61 Å². The number of ether oxygens (including phenoxy) is 1. The number of carbonyl (C=O) groups is 1. The van der Waals surface area contributed by atoms with Crippen LogP contribution in [0.1, 0.15) is 37.4 Å². The lowest BCUT2D eigenvalue weighted by molar-refractivity contribution is -0.137. The summed E-state index contributed by atoms with van der Waals surface area (Å²) in [4.78, 5) is 11.9. The monoisotopic (exact) mass is 332 g/mol. The van der Waals surface area contributed by atoms with Crippen LogP contribution in [-0.2, 0) is 10.9 Å². The van der Waals surface area contributed by atoms with E-state index >= 15 is 0 Å². The predicted octanol–water partition coefficient (Wildman–Crippen LogP) is 3.74. The van der Waals surface area contributed by atoms with Crippen molar-refractivity contribution in [2.75, 3.05) is 20.3 Å². The van der Waals surface area contributed by atoms with Gasteiger partial charge in [0, 0.05) is 13.7 Å². The average Bonchev–Trinajstić information content (AvgIpc) is 2.45. The number of alkyl halides is 3. The van der Waals surface area contributed by atoms with Crippen LogP contribution in [0, 0.1) is 5.92 Å². The molecule has 4 nitrogen and oxygen atoms in total. The topological polar surface area (TPSA) is 50.4 Å². The van der Waals surface area contributed by atoms with Crippen LogP contribution >= 0.6 is 0 Å². The molecule has 0 spiro atoms. The number of hydrogen-bond acceptors (Lipinski definition) is 2. The molecule has 0 radical (unpaired) electrons. The maximum absolute atomic E-state index is 12.8. The minimum Gasteiger partial charge on any atom is -0.382 e. The summed E-state index contributed by atoms with van der Waals surface area (Å²) in [5.74, 6) is 0.452. The Morgan fingerprint density at radius 2 is 2.00 bits per heavy atom. The van der Waals surface area contributed by atoms with Gasteiger partial charge < -0.3 is 15.4 Å². The molecule has 0 fully saturated rings. The standard InChI is InChI=1S/C16H23F3N2O2/c1-11(2)7-8-20-15(22)21-14(10-23-3)12-5-4-6-13(9-12)16(17,18)19/h4-6,9,11,14H,7-8,10H2,1-3H3,(H2,20,21,22). The van der Waals surface area contributed by atoms with Gasteiger partial charge in [0.25, 0.3) is 0 Å². The molecule has 2 amide bonds. The number of rotatable bonds is 7. The zero-order valence-electron chi connectivity index (χ0n) is 13.5. The van der Waals surface area contributed by atoms with Crippen LogP contribution < -0.4 is 10.6 Å². The van der Waals surface area contributed by atoms with Crippen molar-refractivity contribution in [2.24, 2.45) is 5.92 Å². The van der Waals surface area contributed by atoms with E-state index in [1.165, 1.54) is 19.2 Å². The number of halogens is 3. The summed E-state index contributed by atoms with van der Waals surface area (Å²) >= 11 is 0. The normalized spacial score (nSPS) is 13.0. The Hall–Kier alpha value is -1.76. The molecule has 2 N–H and O–H groups in total. The molecular weight excluding hydrogens is 309 g/mol. The van der Waals surface area contributed by atoms with E-state index in [9.17, 15) is 18.0 Å². The lowest BCUT2D eigenvalue weighted by atomic mass is 10.0. The van der Waals surface area contributed by atoms with Gasteiger partial charge in [-0.25, -0.2) is 4.79 Å². The summed E-state index contributed by atoms with van der Waals surface area (Å²) in [6.07, 6.45) is -3.60. The minimum absolute atomic E-state index is 0.0823. The van der Waals surface area contributed by atoms with E-state index in [1.807, 2.05) is 13.8 Å². The summed E-state index contributed by atoms with van der Waals surface area (Å²) in [6, 6.07) is 3.80. The second kappa shape index (κ2) is 8.76. The molecule has 1 aromatic carbocycles. The van der Waals surface area contributed by atoms with Crippen molar-refractivity contribution in [3.8, 4) is 0 Å². The van der Waals surface area contributed by atoms with Crippen LogP contribution in [0.15, 0.2) is 24.3 Å². The second-order valence-corrected chi connectivity index (χ2v) is 5.71. The molecule has 0 aliphatic heterocycles. The summed E-state index contributed by atoms with van der Waals surface area (Å²) in [5.41, 5.74) is -0.404. The molecule has 0 bridgehead atoms. The maximum atomic E-state index is 12.8. The number of methoxy groups -OCH3 is 1. The lowest BCUT2D eigenvalue weighted by Gasteiger charge is -2.20. The highest BCUT2D eigenvalue weighted by Crippen LogP contribution is 2.30. The Morgan fingerprint density at radius 1 is 1.30 bits per heavy atom. The fourth-order valence-electron chi connectivity index (χ4n) is 2.00. The van der Waals surface area contributed by atoms with E-state index in [4.69, 9.17) is 4.74 Å². The fourth-order valence-corrected chi connectivity index (χ4v) is 2.00. The number of benzene rings is 1. The van der Waals surface area contributed by atoms with Crippen LogP contribution in [0.3, 0.4) is 0 Å². The van der Waals surface area contributed by atoms with Gasteiger partial charge in [0.05, 0.1) is 18.2 Å². The van der Waals surface area contributed by atoms with E-state index in [0.717, 1.165) is 18.6 Å². The molecule has 1 unspecified atom stereocenters. The number of urea groups is 1. The Morgan fingerprint density at radius 3 is 2.57 bits per heavy atom. The van der Waals surface area contributed by atoms with Crippen LogP contribution in [0.2, 0.25) is 0 Å². The van der Waals surface area contributed by atoms with Gasteiger partial charge in [0.2, 0.25) is 0 Å². The van der Waals surface area contributed by atoms with Gasteiger partial charge in [0.1, 0.15) is 0 Å². The van der Waals surface area contributed by atoms with Gasteiger partial charge in [-0.15, -0.1) is 0 Å². The molecule has 1 rings (SSSR count). The van der Waals surface area contributed by atoms with Crippen LogP contribution in [-0.4, -0.2) is 26.3 Å². The molecule has 1 atom stereocenters. The SMILES string of the molecule is COCC(NC(=O)NCCC(C)C)c1cccc(C(F)(F)F)c1. The Bertz CT molecular complexity index is 504. The minimum atomic E-state index is -4.42.